The number of esters is 3. The standard InChI is InChI=1S/C51H80O19/c1-23(2)19-27-20-51(61,46(60)66-27)29-13-17-49(9)28(29)11-12-33-48(8)16-15-34(47(6,7)32(48)14-18-50(33,49)10)68-45-42(70-44-39(59)37(57)40(24(3)64-44)65-26(5)53)41(36(56)31(67-45)22-62-25(4)52)69-43-38(58)35(55)30(54)21-63-43/h19,24,27-45,54-59,61H,11-18,20-22H2,1-10H3/t24-,27-,28?,29-,30+,31+,32-,33+,34-,35-,36+,37-,38+,39+,40-,41-,42+,43-,44-,45-,48-,49+,50+,51+/m0/s1. The highest BCUT2D eigenvalue weighted by atomic mass is 16.8. The number of carbonyl (C=O) groups is 3. The quantitative estimate of drug-likeness (QED) is 0.0677. The van der Waals surface area contributed by atoms with Gasteiger partial charge in [-0.3, -0.25) is 9.59 Å². The van der Waals surface area contributed by atoms with E-state index < -0.39 is 140 Å². The molecule has 4 heterocycles. The molecule has 7 N–H and O–H groups in total. The van der Waals surface area contributed by atoms with Crippen molar-refractivity contribution >= 4 is 17.9 Å². The summed E-state index contributed by atoms with van der Waals surface area (Å²) in [4.78, 5) is 37.6. The number of allylic oxidation sites excluding steroid dienone is 1. The van der Waals surface area contributed by atoms with Gasteiger partial charge in [0.05, 0.1) is 18.8 Å². The zero-order valence-corrected chi connectivity index (χ0v) is 42.4. The van der Waals surface area contributed by atoms with Gasteiger partial charge in [-0.15, -0.1) is 0 Å². The van der Waals surface area contributed by atoms with Crippen molar-refractivity contribution in [1.82, 2.24) is 0 Å². The third-order valence-electron chi connectivity index (χ3n) is 19.1. The number of aliphatic hydroxyl groups is 7. The summed E-state index contributed by atoms with van der Waals surface area (Å²) in [7, 11) is 0. The summed E-state index contributed by atoms with van der Waals surface area (Å²) < 4.78 is 54.3. The van der Waals surface area contributed by atoms with E-state index in [1.165, 1.54) is 13.8 Å². The summed E-state index contributed by atoms with van der Waals surface area (Å²) in [5.41, 5.74) is -1.39. The van der Waals surface area contributed by atoms with Gasteiger partial charge in [-0.2, -0.15) is 0 Å². The molecule has 4 saturated heterocycles. The Bertz CT molecular complexity index is 1960. The Kier molecular flexibility index (Phi) is 15.2. The van der Waals surface area contributed by atoms with E-state index in [1.807, 2.05) is 19.9 Å². The van der Waals surface area contributed by atoms with Gasteiger partial charge in [0.1, 0.15) is 67.6 Å². The molecule has 0 radical (unpaired) electrons. The molecule has 0 aromatic carbocycles. The number of ether oxygens (including phenoxy) is 9. The molecule has 0 bridgehead atoms. The highest BCUT2D eigenvalue weighted by molar-refractivity contribution is 5.82. The first-order chi connectivity index (χ1) is 32.7. The molecule has 4 aliphatic heterocycles. The Morgan fingerprint density at radius 1 is 0.686 bits per heavy atom. The molecule has 0 aromatic heterocycles. The highest BCUT2D eigenvalue weighted by Crippen LogP contribution is 2.76. The van der Waals surface area contributed by atoms with Crippen LogP contribution in [0.1, 0.15) is 127 Å². The maximum atomic E-state index is 13.5. The number of hydrogen-bond acceptors (Lipinski definition) is 19. The van der Waals surface area contributed by atoms with Gasteiger partial charge >= 0.3 is 17.9 Å². The number of carbonyl (C=O) groups excluding carboxylic acids is 3. The maximum absolute atomic E-state index is 13.5. The van der Waals surface area contributed by atoms with E-state index in [9.17, 15) is 50.1 Å². The normalized spacial score (nSPS) is 51.0. The van der Waals surface area contributed by atoms with E-state index in [2.05, 4.69) is 34.6 Å². The molecule has 19 nitrogen and oxygen atoms in total. The van der Waals surface area contributed by atoms with Crippen molar-refractivity contribution in [2.24, 2.45) is 45.3 Å². The fourth-order valence-electron chi connectivity index (χ4n) is 15.5. The smallest absolute Gasteiger partial charge is 0.339 e. The van der Waals surface area contributed by atoms with Crippen molar-refractivity contribution in [3.05, 3.63) is 11.6 Å². The Morgan fingerprint density at radius 3 is 2.03 bits per heavy atom. The molecule has 4 aliphatic carbocycles. The third-order valence-corrected chi connectivity index (χ3v) is 19.1. The Balaban J connectivity index is 1.07. The van der Waals surface area contributed by atoms with Crippen molar-refractivity contribution in [2.75, 3.05) is 13.2 Å². The Morgan fingerprint density at radius 2 is 1.36 bits per heavy atom. The van der Waals surface area contributed by atoms with Crippen LogP contribution in [-0.2, 0) is 57.0 Å². The summed E-state index contributed by atoms with van der Waals surface area (Å²) in [6.07, 6.45) is -13.6. The predicted molar refractivity (Wildman–Crippen MR) is 243 cm³/mol. The van der Waals surface area contributed by atoms with Crippen molar-refractivity contribution in [3.8, 4) is 0 Å². The average molecular weight is 997 g/mol. The minimum atomic E-state index is -1.81. The van der Waals surface area contributed by atoms with Gasteiger partial charge < -0.3 is 78.4 Å². The van der Waals surface area contributed by atoms with Gasteiger partial charge in [0, 0.05) is 26.2 Å². The van der Waals surface area contributed by atoms with Crippen LogP contribution in [0.4, 0.5) is 0 Å². The third kappa shape index (κ3) is 9.20. The van der Waals surface area contributed by atoms with E-state index in [1.54, 1.807) is 0 Å². The lowest BCUT2D eigenvalue weighted by Gasteiger charge is -2.70. The Labute approximate surface area is 410 Å². The number of fused-ring (bicyclic) bond motifs is 5. The average Bonchev–Trinajstić information content (AvgIpc) is 3.78. The second-order valence-corrected chi connectivity index (χ2v) is 23.7. The molecule has 8 fully saturated rings. The van der Waals surface area contributed by atoms with Crippen LogP contribution in [0.3, 0.4) is 0 Å². The van der Waals surface area contributed by atoms with Crippen molar-refractivity contribution < 1.29 is 92.8 Å². The summed E-state index contributed by atoms with van der Waals surface area (Å²) in [5.74, 6) is -1.47. The molecular weight excluding hydrogens is 917 g/mol. The molecule has 24 atom stereocenters. The lowest BCUT2D eigenvalue weighted by molar-refractivity contribution is -0.395. The molecule has 0 aromatic rings. The van der Waals surface area contributed by atoms with E-state index in [-0.39, 0.29) is 40.4 Å². The molecule has 70 heavy (non-hydrogen) atoms. The molecule has 4 saturated carbocycles. The van der Waals surface area contributed by atoms with Gasteiger partial charge in [-0.05, 0) is 118 Å². The number of cyclic esters (lactones) is 1. The summed E-state index contributed by atoms with van der Waals surface area (Å²) in [6.45, 7) is 18.5. The van der Waals surface area contributed by atoms with Crippen LogP contribution in [0.15, 0.2) is 11.6 Å². The zero-order chi connectivity index (χ0) is 51.2. The van der Waals surface area contributed by atoms with Crippen LogP contribution < -0.4 is 0 Å². The van der Waals surface area contributed by atoms with Gasteiger partial charge in [0.15, 0.2) is 30.6 Å². The Hall–Kier alpha value is -2.37. The molecule has 8 aliphatic rings. The lowest BCUT2D eigenvalue weighted by Crippen LogP contribution is -2.68. The second-order valence-electron chi connectivity index (χ2n) is 23.7. The maximum Gasteiger partial charge on any atom is 0.339 e. The highest BCUT2D eigenvalue weighted by Gasteiger charge is 2.71. The fraction of sp³-hybridized carbons (Fsp3) is 0.902. The summed E-state index contributed by atoms with van der Waals surface area (Å²) >= 11 is 0. The van der Waals surface area contributed by atoms with Crippen molar-refractivity contribution in [2.45, 2.75) is 231 Å². The first-order valence-electron chi connectivity index (χ1n) is 25.5. The molecule has 8 rings (SSSR count). The van der Waals surface area contributed by atoms with Crippen LogP contribution >= 0.6 is 0 Å². The lowest BCUT2D eigenvalue weighted by atomic mass is 9.35. The van der Waals surface area contributed by atoms with Crippen LogP contribution in [0.2, 0.25) is 0 Å². The molecule has 19 heteroatoms. The fourth-order valence-corrected chi connectivity index (χ4v) is 15.5. The first kappa shape index (κ1) is 53.9. The van der Waals surface area contributed by atoms with Crippen LogP contribution in [0, 0.1) is 45.3 Å². The van der Waals surface area contributed by atoms with Crippen LogP contribution in [-0.4, -0.2) is 171 Å². The number of rotatable bonds is 11. The molecule has 0 amide bonds. The van der Waals surface area contributed by atoms with E-state index in [0.29, 0.717) is 12.3 Å². The van der Waals surface area contributed by atoms with Crippen LogP contribution in [0.5, 0.6) is 0 Å². The minimum absolute atomic E-state index is 0.0969. The monoisotopic (exact) mass is 997 g/mol. The second kappa shape index (κ2) is 19.7. The van der Waals surface area contributed by atoms with E-state index >= 15 is 0 Å². The topological polar surface area (TPSA) is 276 Å². The first-order valence-corrected chi connectivity index (χ1v) is 25.5. The van der Waals surface area contributed by atoms with E-state index in [0.717, 1.165) is 57.4 Å². The molecule has 398 valence electrons. The molecular formula is C51H80O19. The SMILES string of the molecule is CC(=O)OC[C@H]1O[C@@H](O[C@H]2CC[C@]3(C)[C@H]4CCC5[C@@H]([C@]6(O)C[C@H](C=C(C)C)OC6=O)CC[C@@]5(C)[C@]4(C)CC[C@H]3C2(C)C)[C@H](O[C@@H]2O[C@@H](C)[C@H](OC(C)=O)[C@@H](O)[C@H]2O)[C@@H](O[C@@H]2OC[C@@H](O)[C@H](O)[C@H]2O)[C@@H]1O. The molecule has 1 unspecified atom stereocenters. The van der Waals surface area contributed by atoms with Gasteiger partial charge in [-0.1, -0.05) is 40.2 Å². The largest absolute Gasteiger partial charge is 0.463 e. The van der Waals surface area contributed by atoms with Crippen molar-refractivity contribution in [1.29, 1.82) is 0 Å². The number of aliphatic hydroxyl groups excluding tert-OH is 6. The predicted octanol–water partition coefficient (Wildman–Crippen LogP) is 2.33. The van der Waals surface area contributed by atoms with Crippen molar-refractivity contribution in [3.63, 3.8) is 0 Å². The van der Waals surface area contributed by atoms with E-state index in [4.69, 9.17) is 42.6 Å². The zero-order valence-electron chi connectivity index (χ0n) is 42.4. The number of hydrogen-bond donors (Lipinski definition) is 7. The van der Waals surface area contributed by atoms with Gasteiger partial charge in [0.25, 0.3) is 0 Å². The van der Waals surface area contributed by atoms with Gasteiger partial charge in [0.2, 0.25) is 0 Å². The summed E-state index contributed by atoms with van der Waals surface area (Å²) in [5, 5.41) is 78.7. The van der Waals surface area contributed by atoms with Gasteiger partial charge in [-0.25, -0.2) is 4.79 Å². The molecule has 0 spiro atoms. The summed E-state index contributed by atoms with van der Waals surface area (Å²) in [6, 6.07) is 0. The minimum Gasteiger partial charge on any atom is -0.463 e. The van der Waals surface area contributed by atoms with Crippen LogP contribution in [0.25, 0.3) is 0 Å².